The van der Waals surface area contributed by atoms with Crippen LogP contribution in [0.1, 0.15) is 122 Å². The predicted molar refractivity (Wildman–Crippen MR) is 244 cm³/mol. The molecule has 0 N–H and O–H groups in total. The van der Waals surface area contributed by atoms with Crippen LogP contribution >= 0.6 is 0 Å². The number of carbonyl (C=O) groups excluding carboxylic acids is 1. The maximum atomic E-state index is 13.3. The second kappa shape index (κ2) is 17.5. The second-order valence-corrected chi connectivity index (χ2v) is 17.3. The van der Waals surface area contributed by atoms with E-state index in [9.17, 15) is 4.79 Å². The number of aryl methyl sites for hydroxylation is 1. The lowest BCUT2D eigenvalue weighted by atomic mass is 9.77. The molecule has 5 nitrogen and oxygen atoms in total. The summed E-state index contributed by atoms with van der Waals surface area (Å²) in [5.41, 5.74) is 8.80. The van der Waals surface area contributed by atoms with Gasteiger partial charge in [-0.1, -0.05) is 124 Å². The van der Waals surface area contributed by atoms with Crippen LogP contribution in [0.5, 0.6) is 11.5 Å². The molecular formula is C55H58O5. The maximum absolute atomic E-state index is 13.3. The maximum Gasteiger partial charge on any atom is 0.343 e. The Hall–Kier alpha value is -5.65. The number of allylic oxidation sites excluding steroid dienone is 2. The van der Waals surface area contributed by atoms with Crippen LogP contribution in [0, 0.1) is 12.8 Å². The standard InChI is InChI=1S/C55H58O5/c1-7-9-10-12-38-16-18-39(19-17-38)40-24-29-46(30-25-40)59-53(56)42-22-20-41(21-23-42)43-26-31-47-49(35-43)50-36-58-54(4,5)51(50)48-32-33-55(60-52(47)48,44(8-2)13-11-34-57-6)45-27-14-37(3)15-28-45/h8,11,13-15,20-35,38-39H,2,7,9-10,12,16-19,36H2,1,3-6H3/b34-11+,44-13+. The zero-order valence-corrected chi connectivity index (χ0v) is 35.9. The molecule has 308 valence electrons. The third kappa shape index (κ3) is 8.12. The topological polar surface area (TPSA) is 54.0 Å². The van der Waals surface area contributed by atoms with Gasteiger partial charge in [-0.15, -0.1) is 0 Å². The van der Waals surface area contributed by atoms with Gasteiger partial charge in [-0.3, -0.25) is 0 Å². The Morgan fingerprint density at radius 2 is 1.62 bits per heavy atom. The Morgan fingerprint density at radius 1 is 0.883 bits per heavy atom. The van der Waals surface area contributed by atoms with E-state index in [1.54, 1.807) is 13.4 Å². The van der Waals surface area contributed by atoms with E-state index < -0.39 is 11.2 Å². The highest BCUT2D eigenvalue weighted by Crippen LogP contribution is 2.53. The van der Waals surface area contributed by atoms with E-state index >= 15 is 0 Å². The highest BCUT2D eigenvalue weighted by molar-refractivity contribution is 6.00. The van der Waals surface area contributed by atoms with Gasteiger partial charge in [-0.05, 0) is 128 Å². The van der Waals surface area contributed by atoms with Crippen LogP contribution < -0.4 is 9.47 Å². The van der Waals surface area contributed by atoms with Crippen LogP contribution in [0.3, 0.4) is 0 Å². The summed E-state index contributed by atoms with van der Waals surface area (Å²) in [6.07, 6.45) is 22.2. The molecule has 5 aromatic carbocycles. The molecule has 1 fully saturated rings. The summed E-state index contributed by atoms with van der Waals surface area (Å²) in [6, 6.07) is 30.9. The first kappa shape index (κ1) is 41.1. The largest absolute Gasteiger partial charge is 0.504 e. The van der Waals surface area contributed by atoms with Crippen molar-refractivity contribution in [3.8, 4) is 22.6 Å². The monoisotopic (exact) mass is 798 g/mol. The van der Waals surface area contributed by atoms with Gasteiger partial charge in [0.25, 0.3) is 0 Å². The van der Waals surface area contributed by atoms with Gasteiger partial charge in [0.05, 0.1) is 31.1 Å². The summed E-state index contributed by atoms with van der Waals surface area (Å²) < 4.78 is 24.9. The zero-order valence-electron chi connectivity index (χ0n) is 35.9. The molecule has 8 rings (SSSR count). The van der Waals surface area contributed by atoms with E-state index in [1.807, 2.05) is 54.6 Å². The van der Waals surface area contributed by atoms with Crippen LogP contribution in [0.4, 0.5) is 0 Å². The Bertz CT molecular complexity index is 2440. The third-order valence-corrected chi connectivity index (χ3v) is 13.0. The fourth-order valence-corrected chi connectivity index (χ4v) is 9.64. The third-order valence-electron chi connectivity index (χ3n) is 13.0. The quantitative estimate of drug-likeness (QED) is 0.0390. The normalized spacial score (nSPS) is 20.7. The van der Waals surface area contributed by atoms with Crippen LogP contribution in [0.15, 0.2) is 134 Å². The van der Waals surface area contributed by atoms with E-state index in [1.165, 1.54) is 62.5 Å². The van der Waals surface area contributed by atoms with Crippen molar-refractivity contribution in [2.45, 2.75) is 103 Å². The lowest BCUT2D eigenvalue weighted by Gasteiger charge is -2.38. The lowest BCUT2D eigenvalue weighted by molar-refractivity contribution is -0.00803. The van der Waals surface area contributed by atoms with Crippen molar-refractivity contribution >= 4 is 22.8 Å². The molecule has 0 bridgehead atoms. The van der Waals surface area contributed by atoms with Crippen LogP contribution in [0.2, 0.25) is 0 Å². The minimum Gasteiger partial charge on any atom is -0.504 e. The molecule has 0 amide bonds. The Labute approximate surface area is 356 Å². The number of fused-ring (bicyclic) bond motifs is 6. The molecule has 2 heterocycles. The predicted octanol–water partition coefficient (Wildman–Crippen LogP) is 14.2. The van der Waals surface area contributed by atoms with Gasteiger partial charge < -0.3 is 18.9 Å². The fraction of sp³-hybridized carbons (Fsp3) is 0.327. The summed E-state index contributed by atoms with van der Waals surface area (Å²) in [5, 5.41) is 2.09. The fourth-order valence-electron chi connectivity index (χ4n) is 9.64. The minimum atomic E-state index is -0.941. The van der Waals surface area contributed by atoms with Crippen LogP contribution in [-0.4, -0.2) is 13.1 Å². The number of hydrogen-bond donors (Lipinski definition) is 0. The molecular weight excluding hydrogens is 741 g/mol. The van der Waals surface area contributed by atoms with Crippen molar-refractivity contribution < 1.29 is 23.7 Å². The second-order valence-electron chi connectivity index (χ2n) is 17.3. The van der Waals surface area contributed by atoms with Crippen molar-refractivity contribution in [2.24, 2.45) is 5.92 Å². The number of esters is 1. The highest BCUT2D eigenvalue weighted by Gasteiger charge is 2.43. The number of unbranched alkanes of at least 4 members (excludes halogenated alkanes) is 2. The molecule has 3 aliphatic rings. The van der Waals surface area contributed by atoms with Gasteiger partial charge in [0.1, 0.15) is 11.5 Å². The van der Waals surface area contributed by atoms with Crippen LogP contribution in [0.25, 0.3) is 28.0 Å². The highest BCUT2D eigenvalue weighted by atomic mass is 16.5. The SMILES string of the molecule is C=C/C(=C\C=C\OC)C1(c2ccc(C)cc2)C=Cc2c3c(c4cc(-c5ccc(C(=O)Oc6ccc(C7CCC(CCCCC)CC7)cc6)cc5)ccc4c2O1)COC3(C)C. The minimum absolute atomic E-state index is 0.364. The molecule has 5 heteroatoms. The lowest BCUT2D eigenvalue weighted by Crippen LogP contribution is -2.35. The summed E-state index contributed by atoms with van der Waals surface area (Å²) in [4.78, 5) is 13.3. The van der Waals surface area contributed by atoms with Crippen molar-refractivity contribution in [3.05, 3.63) is 173 Å². The number of ether oxygens (including phenoxy) is 4. The zero-order chi connectivity index (χ0) is 41.9. The first-order valence-corrected chi connectivity index (χ1v) is 21.8. The average molecular weight is 799 g/mol. The molecule has 2 aliphatic heterocycles. The number of methoxy groups -OCH3 is 1. The van der Waals surface area contributed by atoms with Crippen molar-refractivity contribution in [3.63, 3.8) is 0 Å². The summed E-state index contributed by atoms with van der Waals surface area (Å²) in [6.45, 7) is 13.3. The van der Waals surface area contributed by atoms with E-state index in [-0.39, 0.29) is 5.97 Å². The summed E-state index contributed by atoms with van der Waals surface area (Å²) in [7, 11) is 1.63. The Balaban J connectivity index is 1.05. The molecule has 1 aliphatic carbocycles. The molecule has 0 spiro atoms. The first-order valence-electron chi connectivity index (χ1n) is 21.8. The Kier molecular flexibility index (Phi) is 12.0. The van der Waals surface area contributed by atoms with E-state index in [0.29, 0.717) is 23.8 Å². The van der Waals surface area contributed by atoms with Gasteiger partial charge in [-0.2, -0.15) is 0 Å². The van der Waals surface area contributed by atoms with Crippen molar-refractivity contribution in [2.75, 3.05) is 7.11 Å². The van der Waals surface area contributed by atoms with Gasteiger partial charge in [0.15, 0.2) is 5.60 Å². The molecule has 1 atom stereocenters. The summed E-state index contributed by atoms with van der Waals surface area (Å²) in [5.74, 6) is 2.49. The molecule has 1 unspecified atom stereocenters. The molecule has 0 saturated heterocycles. The van der Waals surface area contributed by atoms with Gasteiger partial charge in [0.2, 0.25) is 0 Å². The van der Waals surface area contributed by atoms with E-state index in [2.05, 4.69) is 101 Å². The van der Waals surface area contributed by atoms with Gasteiger partial charge in [-0.25, -0.2) is 4.79 Å². The number of hydrogen-bond acceptors (Lipinski definition) is 5. The summed E-state index contributed by atoms with van der Waals surface area (Å²) >= 11 is 0. The van der Waals surface area contributed by atoms with Crippen molar-refractivity contribution in [1.29, 1.82) is 0 Å². The van der Waals surface area contributed by atoms with E-state index in [4.69, 9.17) is 18.9 Å². The Morgan fingerprint density at radius 3 is 2.32 bits per heavy atom. The smallest absolute Gasteiger partial charge is 0.343 e. The average Bonchev–Trinajstić information content (AvgIpc) is 3.60. The number of rotatable bonds is 13. The molecule has 1 saturated carbocycles. The van der Waals surface area contributed by atoms with Gasteiger partial charge >= 0.3 is 5.97 Å². The molecule has 5 aromatic rings. The molecule has 0 radical (unpaired) electrons. The number of benzene rings is 5. The molecule has 60 heavy (non-hydrogen) atoms. The van der Waals surface area contributed by atoms with Crippen molar-refractivity contribution in [1.82, 2.24) is 0 Å². The van der Waals surface area contributed by atoms with E-state index in [0.717, 1.165) is 61.4 Å². The molecule has 0 aromatic heterocycles. The number of carbonyl (C=O) groups is 1. The van der Waals surface area contributed by atoms with Crippen LogP contribution in [-0.2, 0) is 27.3 Å². The first-order chi connectivity index (χ1) is 29.1. The van der Waals surface area contributed by atoms with Gasteiger partial charge in [0, 0.05) is 27.6 Å².